The van der Waals surface area contributed by atoms with E-state index in [4.69, 9.17) is 4.52 Å². The van der Waals surface area contributed by atoms with Crippen molar-refractivity contribution in [3.63, 3.8) is 0 Å². The SMILES string of the molecule is O=C1CCC(c2nc(-c3ccc4nc[nH]c4c3)no2)CN1CCc1ccccn1. The molecule has 8 nitrogen and oxygen atoms in total. The molecule has 1 aliphatic heterocycles. The number of nitrogens with one attached hydrogen (secondary N) is 1. The molecule has 0 bridgehead atoms. The zero-order valence-electron chi connectivity index (χ0n) is 15.8. The van der Waals surface area contributed by atoms with Gasteiger partial charge in [-0.3, -0.25) is 9.78 Å². The summed E-state index contributed by atoms with van der Waals surface area (Å²) in [6, 6.07) is 11.6. The van der Waals surface area contributed by atoms with Crippen LogP contribution in [0.4, 0.5) is 0 Å². The van der Waals surface area contributed by atoms with Crippen molar-refractivity contribution in [3.8, 4) is 11.4 Å². The molecule has 8 heteroatoms. The van der Waals surface area contributed by atoms with Crippen molar-refractivity contribution >= 4 is 16.9 Å². The van der Waals surface area contributed by atoms with Gasteiger partial charge in [0.1, 0.15) is 0 Å². The molecule has 1 fully saturated rings. The van der Waals surface area contributed by atoms with E-state index in [0.717, 1.165) is 35.1 Å². The lowest BCUT2D eigenvalue weighted by molar-refractivity contribution is -0.133. The second-order valence-electron chi connectivity index (χ2n) is 7.24. The normalized spacial score (nSPS) is 17.2. The number of piperidine rings is 1. The highest BCUT2D eigenvalue weighted by atomic mass is 16.5. The summed E-state index contributed by atoms with van der Waals surface area (Å²) in [5, 5.41) is 4.16. The predicted octanol–water partition coefficient (Wildman–Crippen LogP) is 2.96. The first-order chi connectivity index (χ1) is 14.3. The third-order valence-electron chi connectivity index (χ3n) is 5.33. The molecule has 4 heterocycles. The Bertz CT molecular complexity index is 1140. The molecule has 3 aromatic heterocycles. The molecule has 4 aromatic rings. The Hall–Kier alpha value is -3.55. The molecule has 5 rings (SSSR count). The van der Waals surface area contributed by atoms with Gasteiger partial charge in [0.05, 0.1) is 23.3 Å². The van der Waals surface area contributed by atoms with Crippen molar-refractivity contribution in [2.75, 3.05) is 13.1 Å². The minimum absolute atomic E-state index is 0.0496. The topological polar surface area (TPSA) is 101 Å². The van der Waals surface area contributed by atoms with Gasteiger partial charge in [0.2, 0.25) is 17.6 Å². The zero-order valence-corrected chi connectivity index (χ0v) is 15.8. The van der Waals surface area contributed by atoms with Gasteiger partial charge in [-0.05, 0) is 36.8 Å². The smallest absolute Gasteiger partial charge is 0.231 e. The number of nitrogens with zero attached hydrogens (tertiary/aromatic N) is 5. The van der Waals surface area contributed by atoms with Crippen molar-refractivity contribution < 1.29 is 9.32 Å². The van der Waals surface area contributed by atoms with Crippen LogP contribution in [-0.2, 0) is 11.2 Å². The van der Waals surface area contributed by atoms with Crippen LogP contribution in [0.15, 0.2) is 53.4 Å². The molecule has 0 radical (unpaired) electrons. The molecule has 1 unspecified atom stereocenters. The largest absolute Gasteiger partial charge is 0.345 e. The van der Waals surface area contributed by atoms with E-state index in [1.165, 1.54) is 0 Å². The summed E-state index contributed by atoms with van der Waals surface area (Å²) >= 11 is 0. The van der Waals surface area contributed by atoms with Crippen molar-refractivity contribution in [2.24, 2.45) is 0 Å². The van der Waals surface area contributed by atoms with Crippen LogP contribution in [0.3, 0.4) is 0 Å². The number of likely N-dealkylation sites (tertiary alicyclic amines) is 1. The maximum atomic E-state index is 12.3. The molecular formula is C21H20N6O2. The molecule has 0 saturated carbocycles. The van der Waals surface area contributed by atoms with E-state index >= 15 is 0 Å². The van der Waals surface area contributed by atoms with Crippen LogP contribution in [0.25, 0.3) is 22.4 Å². The van der Waals surface area contributed by atoms with Gasteiger partial charge in [0.25, 0.3) is 0 Å². The summed E-state index contributed by atoms with van der Waals surface area (Å²) in [7, 11) is 0. The lowest BCUT2D eigenvalue weighted by Crippen LogP contribution is -2.40. The second-order valence-corrected chi connectivity index (χ2v) is 7.24. The van der Waals surface area contributed by atoms with E-state index in [1.807, 2.05) is 41.3 Å². The Labute approximate surface area is 167 Å². The highest BCUT2D eigenvalue weighted by molar-refractivity contribution is 5.80. The number of H-pyrrole nitrogens is 1. The third kappa shape index (κ3) is 3.61. The summed E-state index contributed by atoms with van der Waals surface area (Å²) in [4.78, 5) is 30.5. The van der Waals surface area contributed by atoms with Crippen LogP contribution >= 0.6 is 0 Å². The highest BCUT2D eigenvalue weighted by Crippen LogP contribution is 2.29. The quantitative estimate of drug-likeness (QED) is 0.564. The van der Waals surface area contributed by atoms with Gasteiger partial charge < -0.3 is 14.4 Å². The molecule has 146 valence electrons. The number of amides is 1. The molecule has 1 aromatic carbocycles. The minimum Gasteiger partial charge on any atom is -0.345 e. The van der Waals surface area contributed by atoms with Crippen LogP contribution in [0.2, 0.25) is 0 Å². The predicted molar refractivity (Wildman–Crippen MR) is 106 cm³/mol. The Balaban J connectivity index is 1.30. The summed E-state index contributed by atoms with van der Waals surface area (Å²) < 4.78 is 5.56. The number of rotatable bonds is 5. The maximum absolute atomic E-state index is 12.3. The molecule has 1 N–H and O–H groups in total. The van der Waals surface area contributed by atoms with Crippen LogP contribution in [-0.4, -0.2) is 49.0 Å². The summed E-state index contributed by atoms with van der Waals surface area (Å²) in [5.41, 5.74) is 3.68. The van der Waals surface area contributed by atoms with Gasteiger partial charge in [-0.25, -0.2) is 4.98 Å². The van der Waals surface area contributed by atoms with Crippen LogP contribution < -0.4 is 0 Å². The molecule has 29 heavy (non-hydrogen) atoms. The first-order valence-electron chi connectivity index (χ1n) is 9.71. The number of imidazole rings is 1. The van der Waals surface area contributed by atoms with Gasteiger partial charge in [0, 0.05) is 43.4 Å². The fraction of sp³-hybridized carbons (Fsp3) is 0.286. The monoisotopic (exact) mass is 388 g/mol. The minimum atomic E-state index is 0.0496. The Morgan fingerprint density at radius 3 is 3.07 bits per heavy atom. The van der Waals surface area contributed by atoms with Gasteiger partial charge >= 0.3 is 0 Å². The van der Waals surface area contributed by atoms with E-state index in [9.17, 15) is 4.79 Å². The average molecular weight is 388 g/mol. The molecule has 0 aliphatic carbocycles. The van der Waals surface area contributed by atoms with Crippen molar-refractivity contribution in [2.45, 2.75) is 25.2 Å². The average Bonchev–Trinajstić information content (AvgIpc) is 3.43. The molecule has 1 saturated heterocycles. The van der Waals surface area contributed by atoms with Crippen LogP contribution in [0.5, 0.6) is 0 Å². The lowest BCUT2D eigenvalue weighted by atomic mass is 9.97. The molecular weight excluding hydrogens is 368 g/mol. The molecule has 1 amide bonds. The van der Waals surface area contributed by atoms with Crippen LogP contribution in [0.1, 0.15) is 30.3 Å². The standard InChI is InChI=1S/C21H20N6O2/c28-19-7-5-15(12-27(19)10-8-16-3-1-2-9-22-16)21-25-20(26-29-21)14-4-6-17-18(11-14)24-13-23-17/h1-4,6,9,11,13,15H,5,7-8,10,12H2,(H,23,24). The van der Waals surface area contributed by atoms with Gasteiger partial charge in [-0.15, -0.1) is 0 Å². The van der Waals surface area contributed by atoms with Gasteiger partial charge in [-0.1, -0.05) is 11.2 Å². The Morgan fingerprint density at radius 2 is 2.17 bits per heavy atom. The lowest BCUT2D eigenvalue weighted by Gasteiger charge is -2.30. The number of carbonyl (C=O) groups excluding carboxylic acids is 1. The summed E-state index contributed by atoms with van der Waals surface area (Å²) in [5.74, 6) is 1.35. The van der Waals surface area contributed by atoms with Gasteiger partial charge in [-0.2, -0.15) is 4.98 Å². The number of hydrogen-bond donors (Lipinski definition) is 1. The van der Waals surface area contributed by atoms with E-state index in [1.54, 1.807) is 12.5 Å². The molecule has 1 aliphatic rings. The Kier molecular flexibility index (Phi) is 4.51. The number of pyridine rings is 1. The number of hydrogen-bond acceptors (Lipinski definition) is 6. The first-order valence-corrected chi connectivity index (χ1v) is 9.71. The number of aromatic nitrogens is 5. The van der Waals surface area contributed by atoms with Crippen molar-refractivity contribution in [3.05, 3.63) is 60.5 Å². The maximum Gasteiger partial charge on any atom is 0.231 e. The second kappa shape index (κ2) is 7.46. The van der Waals surface area contributed by atoms with E-state index in [0.29, 0.717) is 31.2 Å². The number of fused-ring (bicyclic) bond motifs is 1. The molecule has 0 spiro atoms. The fourth-order valence-electron chi connectivity index (χ4n) is 3.72. The first kappa shape index (κ1) is 17.5. The zero-order chi connectivity index (χ0) is 19.6. The van der Waals surface area contributed by atoms with Crippen molar-refractivity contribution in [1.29, 1.82) is 0 Å². The molecule has 1 atom stereocenters. The van der Waals surface area contributed by atoms with Crippen LogP contribution in [0, 0.1) is 0 Å². The van der Waals surface area contributed by atoms with E-state index < -0.39 is 0 Å². The highest BCUT2D eigenvalue weighted by Gasteiger charge is 2.30. The number of carbonyl (C=O) groups is 1. The van der Waals surface area contributed by atoms with E-state index in [2.05, 4.69) is 25.1 Å². The number of aromatic amines is 1. The number of benzene rings is 1. The van der Waals surface area contributed by atoms with Crippen molar-refractivity contribution in [1.82, 2.24) is 30.0 Å². The van der Waals surface area contributed by atoms with E-state index in [-0.39, 0.29) is 11.8 Å². The summed E-state index contributed by atoms with van der Waals surface area (Å²) in [6.45, 7) is 1.23. The van der Waals surface area contributed by atoms with Gasteiger partial charge in [0.15, 0.2) is 0 Å². The fourth-order valence-corrected chi connectivity index (χ4v) is 3.72. The summed E-state index contributed by atoms with van der Waals surface area (Å²) in [6.07, 6.45) is 5.38. The third-order valence-corrected chi connectivity index (χ3v) is 5.33. The Morgan fingerprint density at radius 1 is 1.21 bits per heavy atom.